The fraction of sp³-hybridized carbons (Fsp3) is 0.467. The van der Waals surface area contributed by atoms with Crippen LogP contribution in [0.2, 0.25) is 0 Å². The molecule has 1 fully saturated rings. The van der Waals surface area contributed by atoms with E-state index in [4.69, 9.17) is 0 Å². The number of hydrogen-bond donors (Lipinski definition) is 1. The molecular weight excluding hydrogens is 194 g/mol. The predicted octanol–water partition coefficient (Wildman–Crippen LogP) is 3.26. The van der Waals surface area contributed by atoms with Gasteiger partial charge in [0.2, 0.25) is 0 Å². The number of nitrogens with one attached hydrogen (secondary N) is 1. The third-order valence-electron chi connectivity index (χ3n) is 3.50. The first-order valence-corrected chi connectivity index (χ1v) is 6.22. The molecule has 1 heterocycles. The Morgan fingerprint density at radius 1 is 1.38 bits per heavy atom. The summed E-state index contributed by atoms with van der Waals surface area (Å²) in [6.07, 6.45) is 5.75. The summed E-state index contributed by atoms with van der Waals surface area (Å²) in [5.41, 5.74) is 2.66. The smallest absolute Gasteiger partial charge is 0.00419 e. The molecule has 0 bridgehead atoms. The van der Waals surface area contributed by atoms with Crippen molar-refractivity contribution in [2.75, 3.05) is 6.54 Å². The fourth-order valence-electron chi connectivity index (χ4n) is 2.45. The van der Waals surface area contributed by atoms with Gasteiger partial charge in [0.05, 0.1) is 0 Å². The Bertz CT molecular complexity index is 339. The van der Waals surface area contributed by atoms with E-state index in [0.717, 1.165) is 5.92 Å². The van der Waals surface area contributed by atoms with Crippen LogP contribution in [0.3, 0.4) is 0 Å². The third kappa shape index (κ3) is 2.96. The lowest BCUT2D eigenvalue weighted by molar-refractivity contribution is 0.522. The van der Waals surface area contributed by atoms with Crippen LogP contribution in [0.15, 0.2) is 30.8 Å². The van der Waals surface area contributed by atoms with Crippen LogP contribution in [-0.2, 0) is 6.42 Å². The number of benzene rings is 1. The zero-order chi connectivity index (χ0) is 11.4. The summed E-state index contributed by atoms with van der Waals surface area (Å²) in [4.78, 5) is 0. The van der Waals surface area contributed by atoms with Crippen LogP contribution in [-0.4, -0.2) is 12.6 Å². The van der Waals surface area contributed by atoms with Gasteiger partial charge in [-0.1, -0.05) is 36.9 Å². The molecule has 1 aromatic carbocycles. The van der Waals surface area contributed by atoms with E-state index in [1.807, 2.05) is 6.08 Å². The molecule has 0 saturated carbocycles. The molecule has 0 aliphatic carbocycles. The molecule has 1 aliphatic rings. The van der Waals surface area contributed by atoms with Crippen LogP contribution >= 0.6 is 0 Å². The van der Waals surface area contributed by atoms with Crippen molar-refractivity contribution < 1.29 is 0 Å². The summed E-state index contributed by atoms with van der Waals surface area (Å²) < 4.78 is 0. The third-order valence-corrected chi connectivity index (χ3v) is 3.50. The Kier molecular flexibility index (Phi) is 3.79. The monoisotopic (exact) mass is 215 g/mol. The van der Waals surface area contributed by atoms with Gasteiger partial charge in [-0.3, -0.25) is 0 Å². The molecule has 1 saturated heterocycles. The minimum atomic E-state index is 0.716. The van der Waals surface area contributed by atoms with Crippen LogP contribution in [0.25, 0.3) is 6.08 Å². The van der Waals surface area contributed by atoms with E-state index in [2.05, 4.69) is 43.1 Å². The predicted molar refractivity (Wildman–Crippen MR) is 70.4 cm³/mol. The molecule has 2 unspecified atom stereocenters. The molecule has 2 rings (SSSR count). The van der Waals surface area contributed by atoms with Crippen molar-refractivity contribution in [3.05, 3.63) is 42.0 Å². The van der Waals surface area contributed by atoms with E-state index in [9.17, 15) is 0 Å². The topological polar surface area (TPSA) is 12.0 Å². The second-order valence-electron chi connectivity index (χ2n) is 4.90. The average molecular weight is 215 g/mol. The zero-order valence-electron chi connectivity index (χ0n) is 10.1. The molecule has 16 heavy (non-hydrogen) atoms. The Balaban J connectivity index is 1.82. The molecule has 2 atom stereocenters. The maximum absolute atomic E-state index is 3.77. The molecule has 1 aromatic rings. The van der Waals surface area contributed by atoms with E-state index < -0.39 is 0 Å². The minimum absolute atomic E-state index is 0.716. The number of rotatable bonds is 4. The highest BCUT2D eigenvalue weighted by Crippen LogP contribution is 2.19. The number of aryl methyl sites for hydroxylation is 1. The molecule has 1 heteroatoms. The number of hydrogen-bond acceptors (Lipinski definition) is 1. The van der Waals surface area contributed by atoms with Crippen molar-refractivity contribution in [1.82, 2.24) is 5.32 Å². The molecule has 0 spiro atoms. The Morgan fingerprint density at radius 3 is 2.69 bits per heavy atom. The van der Waals surface area contributed by atoms with Crippen molar-refractivity contribution in [2.45, 2.75) is 32.2 Å². The molecule has 0 aromatic heterocycles. The highest BCUT2D eigenvalue weighted by Gasteiger charge is 2.19. The van der Waals surface area contributed by atoms with Crippen molar-refractivity contribution in [2.24, 2.45) is 5.92 Å². The van der Waals surface area contributed by atoms with Crippen LogP contribution in [0.5, 0.6) is 0 Å². The largest absolute Gasteiger partial charge is 0.314 e. The summed E-state index contributed by atoms with van der Waals surface area (Å²) in [6.45, 7) is 7.25. The molecule has 0 radical (unpaired) electrons. The van der Waals surface area contributed by atoms with Gasteiger partial charge in [-0.25, -0.2) is 0 Å². The molecule has 1 nitrogen and oxygen atoms in total. The molecule has 1 N–H and O–H groups in total. The van der Waals surface area contributed by atoms with Crippen molar-refractivity contribution in [3.8, 4) is 0 Å². The normalized spacial score (nSPS) is 24.6. The minimum Gasteiger partial charge on any atom is -0.314 e. The van der Waals surface area contributed by atoms with E-state index >= 15 is 0 Å². The van der Waals surface area contributed by atoms with Crippen LogP contribution in [0.4, 0.5) is 0 Å². The highest BCUT2D eigenvalue weighted by atomic mass is 14.9. The van der Waals surface area contributed by atoms with Gasteiger partial charge in [0.1, 0.15) is 0 Å². The van der Waals surface area contributed by atoms with Gasteiger partial charge >= 0.3 is 0 Å². The Hall–Kier alpha value is -1.08. The summed E-state index contributed by atoms with van der Waals surface area (Å²) in [6, 6.07) is 9.47. The van der Waals surface area contributed by atoms with Crippen LogP contribution < -0.4 is 5.32 Å². The van der Waals surface area contributed by atoms with E-state index in [0.29, 0.717) is 6.04 Å². The van der Waals surface area contributed by atoms with Crippen molar-refractivity contribution >= 4 is 6.08 Å². The maximum Gasteiger partial charge on any atom is 0.00419 e. The summed E-state index contributed by atoms with van der Waals surface area (Å²) >= 11 is 0. The van der Waals surface area contributed by atoms with Gasteiger partial charge in [0.15, 0.2) is 0 Å². The molecule has 86 valence electrons. The molecule has 1 aliphatic heterocycles. The first kappa shape index (κ1) is 11.4. The van der Waals surface area contributed by atoms with Crippen LogP contribution in [0.1, 0.15) is 30.9 Å². The van der Waals surface area contributed by atoms with Gasteiger partial charge < -0.3 is 5.32 Å². The van der Waals surface area contributed by atoms with Gasteiger partial charge in [0, 0.05) is 6.04 Å². The highest BCUT2D eigenvalue weighted by molar-refractivity contribution is 5.47. The van der Waals surface area contributed by atoms with Crippen LogP contribution in [0, 0.1) is 5.92 Å². The lowest BCUT2D eigenvalue weighted by Gasteiger charge is -2.08. The van der Waals surface area contributed by atoms with Gasteiger partial charge in [-0.15, -0.1) is 0 Å². The SMILES string of the molecule is C=Cc1ccc(CCC2CNC(C)C2)cc1. The zero-order valence-corrected chi connectivity index (χ0v) is 10.1. The summed E-state index contributed by atoms with van der Waals surface area (Å²) in [5.74, 6) is 0.870. The first-order chi connectivity index (χ1) is 7.78. The second kappa shape index (κ2) is 5.31. The molecule has 0 amide bonds. The Morgan fingerprint density at radius 2 is 2.12 bits per heavy atom. The molecular formula is C15H21N. The van der Waals surface area contributed by atoms with E-state index in [1.165, 1.54) is 36.9 Å². The average Bonchev–Trinajstić information content (AvgIpc) is 2.73. The lowest BCUT2D eigenvalue weighted by Crippen LogP contribution is -2.16. The first-order valence-electron chi connectivity index (χ1n) is 6.22. The quantitative estimate of drug-likeness (QED) is 0.813. The fourth-order valence-corrected chi connectivity index (χ4v) is 2.45. The maximum atomic E-state index is 3.77. The lowest BCUT2D eigenvalue weighted by atomic mass is 9.97. The Labute approximate surface area is 98.6 Å². The standard InChI is InChI=1S/C15H21N/c1-3-13-4-6-14(7-5-13)8-9-15-10-12(2)16-11-15/h3-7,12,15-16H,1,8-11H2,2H3. The van der Waals surface area contributed by atoms with E-state index in [1.54, 1.807) is 0 Å². The van der Waals surface area contributed by atoms with Crippen molar-refractivity contribution in [1.29, 1.82) is 0 Å². The van der Waals surface area contributed by atoms with E-state index in [-0.39, 0.29) is 0 Å². The summed E-state index contributed by atoms with van der Waals surface area (Å²) in [5, 5.41) is 3.51. The van der Waals surface area contributed by atoms with Crippen molar-refractivity contribution in [3.63, 3.8) is 0 Å². The second-order valence-corrected chi connectivity index (χ2v) is 4.90. The van der Waals surface area contributed by atoms with Gasteiger partial charge in [-0.2, -0.15) is 0 Å². The van der Waals surface area contributed by atoms with Gasteiger partial charge in [-0.05, 0) is 49.8 Å². The summed E-state index contributed by atoms with van der Waals surface area (Å²) in [7, 11) is 0. The van der Waals surface area contributed by atoms with Gasteiger partial charge in [0.25, 0.3) is 0 Å².